The van der Waals surface area contributed by atoms with E-state index >= 15 is 0 Å². The molecular formula is C7H11N5O3S. The summed E-state index contributed by atoms with van der Waals surface area (Å²) in [4.78, 5) is 17.7. The smallest absolute Gasteiger partial charge is 0.319 e. The first-order valence-electron chi connectivity index (χ1n) is 4.28. The second kappa shape index (κ2) is 6.20. The van der Waals surface area contributed by atoms with Gasteiger partial charge < -0.3 is 4.74 Å². The highest BCUT2D eigenvalue weighted by Crippen LogP contribution is 2.26. The van der Waals surface area contributed by atoms with E-state index < -0.39 is 4.92 Å². The van der Waals surface area contributed by atoms with Gasteiger partial charge in [-0.25, -0.2) is 10.8 Å². The Morgan fingerprint density at radius 1 is 1.75 bits per heavy atom. The van der Waals surface area contributed by atoms with Crippen LogP contribution >= 0.6 is 11.8 Å². The van der Waals surface area contributed by atoms with Crippen molar-refractivity contribution in [2.75, 3.05) is 24.9 Å². The highest BCUT2D eigenvalue weighted by Gasteiger charge is 2.17. The van der Waals surface area contributed by atoms with E-state index in [0.717, 1.165) is 6.20 Å². The predicted octanol–water partition coefficient (Wildman–Crippen LogP) is 0.409. The number of hydrogen-bond acceptors (Lipinski definition) is 8. The molecule has 0 spiro atoms. The first kappa shape index (κ1) is 12.6. The highest BCUT2D eigenvalue weighted by atomic mass is 32.2. The molecule has 0 aliphatic carbocycles. The number of nitrogens with zero attached hydrogens (tertiary/aromatic N) is 3. The minimum absolute atomic E-state index is 0.139. The molecule has 1 rings (SSSR count). The molecule has 0 amide bonds. The molecule has 9 heteroatoms. The SMILES string of the molecule is COCCSc1nc(NN)ncc1[N+](=O)[O-]. The van der Waals surface area contributed by atoms with Crippen LogP contribution in [0.15, 0.2) is 11.2 Å². The zero-order valence-corrected chi connectivity index (χ0v) is 9.36. The molecule has 3 N–H and O–H groups in total. The molecule has 0 unspecified atom stereocenters. The minimum atomic E-state index is -0.532. The Kier molecular flexibility index (Phi) is 4.89. The van der Waals surface area contributed by atoms with Crippen molar-refractivity contribution in [3.8, 4) is 0 Å². The lowest BCUT2D eigenvalue weighted by atomic mass is 10.5. The molecular weight excluding hydrogens is 234 g/mol. The number of ether oxygens (including phenoxy) is 1. The number of hydrazine groups is 1. The van der Waals surface area contributed by atoms with Crippen molar-refractivity contribution < 1.29 is 9.66 Å². The molecule has 1 heterocycles. The van der Waals surface area contributed by atoms with Gasteiger partial charge in [0.2, 0.25) is 5.95 Å². The third-order valence-corrected chi connectivity index (χ3v) is 2.53. The lowest BCUT2D eigenvalue weighted by Crippen LogP contribution is -2.11. The van der Waals surface area contributed by atoms with Crippen LogP contribution in [0.3, 0.4) is 0 Å². The summed E-state index contributed by atoms with van der Waals surface area (Å²) < 4.78 is 4.85. The van der Waals surface area contributed by atoms with E-state index in [1.165, 1.54) is 11.8 Å². The maximum absolute atomic E-state index is 10.7. The van der Waals surface area contributed by atoms with Crippen molar-refractivity contribution in [2.45, 2.75) is 5.03 Å². The van der Waals surface area contributed by atoms with E-state index in [2.05, 4.69) is 15.4 Å². The van der Waals surface area contributed by atoms with Crippen LogP contribution in [0.2, 0.25) is 0 Å². The Morgan fingerprint density at radius 3 is 3.06 bits per heavy atom. The predicted molar refractivity (Wildman–Crippen MR) is 59.1 cm³/mol. The summed E-state index contributed by atoms with van der Waals surface area (Å²) in [6, 6.07) is 0. The molecule has 0 fully saturated rings. The maximum Gasteiger partial charge on any atom is 0.319 e. The van der Waals surface area contributed by atoms with Crippen molar-refractivity contribution >= 4 is 23.4 Å². The van der Waals surface area contributed by atoms with Crippen LogP contribution in [0.1, 0.15) is 0 Å². The first-order chi connectivity index (χ1) is 7.69. The van der Waals surface area contributed by atoms with Gasteiger partial charge in [0.25, 0.3) is 0 Å². The van der Waals surface area contributed by atoms with Gasteiger partial charge in [-0.15, -0.1) is 0 Å². The molecule has 8 nitrogen and oxygen atoms in total. The van der Waals surface area contributed by atoms with E-state index in [0.29, 0.717) is 12.4 Å². The van der Waals surface area contributed by atoms with Gasteiger partial charge in [0.05, 0.1) is 11.5 Å². The number of rotatable bonds is 6. The zero-order valence-electron chi connectivity index (χ0n) is 8.54. The Morgan fingerprint density at radius 2 is 2.50 bits per heavy atom. The zero-order chi connectivity index (χ0) is 12.0. The number of nitro groups is 1. The van der Waals surface area contributed by atoms with E-state index in [4.69, 9.17) is 10.6 Å². The highest BCUT2D eigenvalue weighted by molar-refractivity contribution is 7.99. The number of thioether (sulfide) groups is 1. The quantitative estimate of drug-likeness (QED) is 0.185. The van der Waals surface area contributed by atoms with Gasteiger partial charge in [0.15, 0.2) is 5.03 Å². The van der Waals surface area contributed by atoms with Crippen LogP contribution in [-0.4, -0.2) is 34.4 Å². The molecule has 0 radical (unpaired) electrons. The summed E-state index contributed by atoms with van der Waals surface area (Å²) in [5.41, 5.74) is 2.10. The summed E-state index contributed by atoms with van der Waals surface area (Å²) in [6.07, 6.45) is 1.12. The van der Waals surface area contributed by atoms with Crippen LogP contribution in [0.25, 0.3) is 0 Å². The lowest BCUT2D eigenvalue weighted by molar-refractivity contribution is -0.388. The van der Waals surface area contributed by atoms with Crippen LogP contribution in [0, 0.1) is 10.1 Å². The van der Waals surface area contributed by atoms with Crippen molar-refractivity contribution in [3.05, 3.63) is 16.3 Å². The van der Waals surface area contributed by atoms with E-state index in [1.54, 1.807) is 7.11 Å². The fourth-order valence-electron chi connectivity index (χ4n) is 0.882. The summed E-state index contributed by atoms with van der Waals surface area (Å²) in [6.45, 7) is 0.483. The van der Waals surface area contributed by atoms with Crippen LogP contribution in [0.4, 0.5) is 11.6 Å². The molecule has 1 aromatic heterocycles. The fourth-order valence-corrected chi connectivity index (χ4v) is 1.75. The Balaban J connectivity index is 2.87. The lowest BCUT2D eigenvalue weighted by Gasteiger charge is -2.03. The Labute approximate surface area is 95.7 Å². The largest absolute Gasteiger partial charge is 0.384 e. The van der Waals surface area contributed by atoms with Gasteiger partial charge in [-0.2, -0.15) is 4.98 Å². The number of nitrogens with one attached hydrogen (secondary N) is 1. The third kappa shape index (κ3) is 3.29. The summed E-state index contributed by atoms with van der Waals surface area (Å²) in [7, 11) is 1.56. The van der Waals surface area contributed by atoms with Gasteiger partial charge in [0, 0.05) is 12.9 Å². The van der Waals surface area contributed by atoms with E-state index in [-0.39, 0.29) is 16.7 Å². The van der Waals surface area contributed by atoms with Gasteiger partial charge >= 0.3 is 5.69 Å². The third-order valence-electron chi connectivity index (χ3n) is 1.59. The topological polar surface area (TPSA) is 116 Å². The van der Waals surface area contributed by atoms with Crippen molar-refractivity contribution in [3.63, 3.8) is 0 Å². The Bertz CT molecular complexity index is 375. The number of nitrogens with two attached hydrogens (primary N) is 1. The molecule has 0 saturated carbocycles. The van der Waals surface area contributed by atoms with Gasteiger partial charge in [-0.3, -0.25) is 15.5 Å². The van der Waals surface area contributed by atoms with Crippen LogP contribution in [0.5, 0.6) is 0 Å². The fraction of sp³-hybridized carbons (Fsp3) is 0.429. The molecule has 0 aromatic carbocycles. The summed E-state index contributed by atoms with van der Waals surface area (Å²) >= 11 is 1.22. The van der Waals surface area contributed by atoms with Crippen molar-refractivity contribution in [1.29, 1.82) is 0 Å². The average molecular weight is 245 g/mol. The number of nitrogen functional groups attached to an aromatic ring is 1. The molecule has 0 aliphatic heterocycles. The molecule has 16 heavy (non-hydrogen) atoms. The van der Waals surface area contributed by atoms with E-state index in [1.807, 2.05) is 0 Å². The first-order valence-corrected chi connectivity index (χ1v) is 5.27. The Hall–Kier alpha value is -1.45. The second-order valence-corrected chi connectivity index (χ2v) is 3.71. The van der Waals surface area contributed by atoms with Gasteiger partial charge in [-0.1, -0.05) is 11.8 Å². The monoisotopic (exact) mass is 245 g/mol. The summed E-state index contributed by atoms with van der Waals surface area (Å²) in [5.74, 6) is 5.83. The van der Waals surface area contributed by atoms with Gasteiger partial charge in [-0.05, 0) is 0 Å². The standard InChI is InChI=1S/C7H11N5O3S/c1-15-2-3-16-6-5(12(13)14)4-9-7(10-6)11-8/h4H,2-3,8H2,1H3,(H,9,10,11). The number of aromatic nitrogens is 2. The van der Waals surface area contributed by atoms with Crippen LogP contribution < -0.4 is 11.3 Å². The molecule has 88 valence electrons. The number of hydrogen-bond donors (Lipinski definition) is 2. The van der Waals surface area contributed by atoms with Crippen molar-refractivity contribution in [2.24, 2.45) is 5.84 Å². The second-order valence-electron chi connectivity index (χ2n) is 2.63. The minimum Gasteiger partial charge on any atom is -0.384 e. The van der Waals surface area contributed by atoms with E-state index in [9.17, 15) is 10.1 Å². The summed E-state index contributed by atoms with van der Waals surface area (Å²) in [5, 5.41) is 11.0. The molecule has 0 aliphatic rings. The van der Waals surface area contributed by atoms with Gasteiger partial charge in [0.1, 0.15) is 6.20 Å². The molecule has 1 aromatic rings. The molecule has 0 bridgehead atoms. The number of anilines is 1. The average Bonchev–Trinajstić information content (AvgIpc) is 2.29. The van der Waals surface area contributed by atoms with Crippen LogP contribution in [-0.2, 0) is 4.74 Å². The maximum atomic E-state index is 10.7. The molecule has 0 saturated heterocycles. The number of methoxy groups -OCH3 is 1. The molecule has 0 atom stereocenters. The normalized spacial score (nSPS) is 10.1. The van der Waals surface area contributed by atoms with Crippen molar-refractivity contribution in [1.82, 2.24) is 9.97 Å².